The largest absolute Gasteiger partial charge is 0.493 e. The minimum absolute atomic E-state index is 0.367. The van der Waals surface area contributed by atoms with Crippen molar-refractivity contribution >= 4 is 5.71 Å². The molecule has 1 aliphatic rings. The molecule has 0 spiro atoms. The summed E-state index contributed by atoms with van der Waals surface area (Å²) in [4.78, 5) is 0. The maximum atomic E-state index is 12.0. The van der Waals surface area contributed by atoms with Gasteiger partial charge in [-0.25, -0.2) is 0 Å². The zero-order valence-electron chi connectivity index (χ0n) is 9.66. The Bertz CT molecular complexity index is 418. The van der Waals surface area contributed by atoms with Gasteiger partial charge in [-0.2, -0.15) is 0 Å². The highest BCUT2D eigenvalue weighted by Gasteiger charge is 2.16. The number of fused-ring (bicyclic) bond motifs is 1. The van der Waals surface area contributed by atoms with Crippen LogP contribution in [0.15, 0.2) is 23.4 Å². The number of benzene rings is 1. The van der Waals surface area contributed by atoms with Gasteiger partial charge in [0.25, 0.3) is 0 Å². The first kappa shape index (κ1) is 11.9. The molecule has 0 radical (unpaired) electrons. The van der Waals surface area contributed by atoms with E-state index in [1.807, 2.05) is 18.2 Å². The first-order valence-corrected chi connectivity index (χ1v) is 5.88. The highest BCUT2D eigenvalue weighted by atomic mass is 19.1. The third kappa shape index (κ3) is 2.75. The summed E-state index contributed by atoms with van der Waals surface area (Å²) in [5.74, 6) is 0.709. The van der Waals surface area contributed by atoms with Crippen molar-refractivity contribution < 1.29 is 14.3 Å². The van der Waals surface area contributed by atoms with E-state index in [-0.39, 0.29) is 6.67 Å². The molecule has 1 aliphatic carbocycles. The predicted octanol–water partition coefficient (Wildman–Crippen LogP) is 2.94. The van der Waals surface area contributed by atoms with Crippen molar-refractivity contribution in [2.24, 2.45) is 5.16 Å². The zero-order chi connectivity index (χ0) is 12.1. The lowest BCUT2D eigenvalue weighted by atomic mass is 9.90. The van der Waals surface area contributed by atoms with Crippen LogP contribution in [0.5, 0.6) is 5.75 Å². The van der Waals surface area contributed by atoms with Crippen LogP contribution in [0.3, 0.4) is 0 Å². The molecule has 1 aromatic rings. The van der Waals surface area contributed by atoms with Crippen molar-refractivity contribution in [1.29, 1.82) is 0 Å². The molecule has 2 rings (SSSR count). The van der Waals surface area contributed by atoms with Crippen LogP contribution in [0.25, 0.3) is 0 Å². The van der Waals surface area contributed by atoms with Crippen LogP contribution in [0.2, 0.25) is 0 Å². The van der Waals surface area contributed by atoms with Crippen molar-refractivity contribution in [2.45, 2.75) is 25.7 Å². The summed E-state index contributed by atoms with van der Waals surface area (Å²) in [6.07, 6.45) is 3.20. The lowest BCUT2D eigenvalue weighted by molar-refractivity contribution is 0.289. The van der Waals surface area contributed by atoms with Gasteiger partial charge in [-0.3, -0.25) is 4.39 Å². The van der Waals surface area contributed by atoms with Gasteiger partial charge >= 0.3 is 0 Å². The van der Waals surface area contributed by atoms with E-state index in [0.717, 1.165) is 24.8 Å². The molecule has 4 heteroatoms. The van der Waals surface area contributed by atoms with Crippen molar-refractivity contribution in [3.05, 3.63) is 29.3 Å². The molecule has 0 fully saturated rings. The number of hydrogen-bond donors (Lipinski definition) is 1. The quantitative estimate of drug-likeness (QED) is 0.497. The number of ether oxygens (including phenoxy) is 1. The molecule has 17 heavy (non-hydrogen) atoms. The summed E-state index contributed by atoms with van der Waals surface area (Å²) in [6.45, 7) is 0.00910. The zero-order valence-corrected chi connectivity index (χ0v) is 9.66. The van der Waals surface area contributed by atoms with E-state index in [9.17, 15) is 4.39 Å². The lowest BCUT2D eigenvalue weighted by Gasteiger charge is -2.17. The fourth-order valence-corrected chi connectivity index (χ4v) is 2.06. The normalized spacial score (nSPS) is 16.9. The molecule has 0 saturated carbocycles. The minimum atomic E-state index is -0.367. The van der Waals surface area contributed by atoms with Crippen LogP contribution < -0.4 is 4.74 Å². The molecule has 0 aromatic heterocycles. The van der Waals surface area contributed by atoms with Gasteiger partial charge in [0, 0.05) is 12.0 Å². The SMILES string of the molecule is O/N=C1/CCCc2ccc(OCCCF)cc21. The van der Waals surface area contributed by atoms with E-state index in [1.54, 1.807) is 0 Å². The first-order valence-electron chi connectivity index (χ1n) is 5.88. The van der Waals surface area contributed by atoms with Gasteiger partial charge in [-0.1, -0.05) is 11.2 Å². The third-order valence-corrected chi connectivity index (χ3v) is 2.92. The van der Waals surface area contributed by atoms with Crippen molar-refractivity contribution in [3.8, 4) is 5.75 Å². The van der Waals surface area contributed by atoms with Crippen molar-refractivity contribution in [1.82, 2.24) is 0 Å². The summed E-state index contributed by atoms with van der Waals surface area (Å²) in [5, 5.41) is 12.3. The molecular formula is C13H16FNO2. The molecule has 1 N–H and O–H groups in total. The van der Waals surface area contributed by atoms with E-state index in [4.69, 9.17) is 9.94 Å². The Hall–Kier alpha value is -1.58. The Kier molecular flexibility index (Phi) is 3.96. The number of halogens is 1. The van der Waals surface area contributed by atoms with Crippen LogP contribution >= 0.6 is 0 Å². The Morgan fingerprint density at radius 1 is 1.35 bits per heavy atom. The predicted molar refractivity (Wildman–Crippen MR) is 63.8 cm³/mol. The lowest BCUT2D eigenvalue weighted by Crippen LogP contribution is -2.12. The monoisotopic (exact) mass is 237 g/mol. The second-order valence-electron chi connectivity index (χ2n) is 4.11. The van der Waals surface area contributed by atoms with E-state index in [0.29, 0.717) is 24.5 Å². The van der Waals surface area contributed by atoms with Gasteiger partial charge in [0.2, 0.25) is 0 Å². The Labute approximate surface area is 99.9 Å². The third-order valence-electron chi connectivity index (χ3n) is 2.92. The molecule has 0 amide bonds. The number of aryl methyl sites for hydroxylation is 1. The highest BCUT2D eigenvalue weighted by molar-refractivity contribution is 6.02. The van der Waals surface area contributed by atoms with Crippen LogP contribution in [-0.2, 0) is 6.42 Å². The molecule has 1 aromatic carbocycles. The van der Waals surface area contributed by atoms with Gasteiger partial charge < -0.3 is 9.94 Å². The maximum Gasteiger partial charge on any atom is 0.119 e. The summed E-state index contributed by atoms with van der Waals surface area (Å²) in [6, 6.07) is 5.75. The number of nitrogens with zero attached hydrogens (tertiary/aromatic N) is 1. The maximum absolute atomic E-state index is 12.0. The van der Waals surface area contributed by atoms with Gasteiger partial charge in [-0.05, 0) is 37.0 Å². The first-order chi connectivity index (χ1) is 8.35. The molecule has 92 valence electrons. The van der Waals surface area contributed by atoms with Gasteiger partial charge in [0.1, 0.15) is 5.75 Å². The van der Waals surface area contributed by atoms with E-state index < -0.39 is 0 Å². The molecule has 0 atom stereocenters. The number of hydrogen-bond acceptors (Lipinski definition) is 3. The fraction of sp³-hybridized carbons (Fsp3) is 0.462. The van der Waals surface area contributed by atoms with Gasteiger partial charge in [-0.15, -0.1) is 0 Å². The van der Waals surface area contributed by atoms with E-state index in [1.165, 1.54) is 5.56 Å². The Morgan fingerprint density at radius 2 is 2.24 bits per heavy atom. The number of rotatable bonds is 4. The number of oxime groups is 1. The molecular weight excluding hydrogens is 221 g/mol. The molecule has 0 bridgehead atoms. The summed E-state index contributed by atoms with van der Waals surface area (Å²) >= 11 is 0. The average molecular weight is 237 g/mol. The molecule has 0 saturated heterocycles. The summed E-state index contributed by atoms with van der Waals surface area (Å²) in [5.41, 5.74) is 2.85. The van der Waals surface area contributed by atoms with E-state index >= 15 is 0 Å². The standard InChI is InChI=1S/C13H16FNO2/c14-7-2-8-17-11-6-5-10-3-1-4-13(15-16)12(10)9-11/h5-6,9,16H,1-4,7-8H2/b15-13-. The van der Waals surface area contributed by atoms with Crippen molar-refractivity contribution in [2.75, 3.05) is 13.3 Å². The molecule has 3 nitrogen and oxygen atoms in total. The Morgan fingerprint density at radius 3 is 3.00 bits per heavy atom. The molecule has 0 unspecified atom stereocenters. The van der Waals surface area contributed by atoms with Crippen molar-refractivity contribution in [3.63, 3.8) is 0 Å². The summed E-state index contributed by atoms with van der Waals surface area (Å²) in [7, 11) is 0. The average Bonchev–Trinajstić information content (AvgIpc) is 2.38. The van der Waals surface area contributed by atoms with Crippen LogP contribution in [-0.4, -0.2) is 24.2 Å². The molecule has 0 heterocycles. The van der Waals surface area contributed by atoms with E-state index in [2.05, 4.69) is 5.16 Å². The van der Waals surface area contributed by atoms with Gasteiger partial charge in [0.05, 0.1) is 19.0 Å². The smallest absolute Gasteiger partial charge is 0.119 e. The molecule has 0 aliphatic heterocycles. The van der Waals surface area contributed by atoms with Crippen LogP contribution in [0.4, 0.5) is 4.39 Å². The highest BCUT2D eigenvalue weighted by Crippen LogP contribution is 2.26. The fourth-order valence-electron chi connectivity index (χ4n) is 2.06. The Balaban J connectivity index is 2.16. The second kappa shape index (κ2) is 5.66. The van der Waals surface area contributed by atoms with Crippen LogP contribution in [0, 0.1) is 0 Å². The second-order valence-corrected chi connectivity index (χ2v) is 4.11. The minimum Gasteiger partial charge on any atom is -0.493 e. The van der Waals surface area contributed by atoms with Gasteiger partial charge in [0.15, 0.2) is 0 Å². The summed E-state index contributed by atoms with van der Waals surface area (Å²) < 4.78 is 17.4. The topological polar surface area (TPSA) is 41.8 Å². The number of alkyl halides is 1. The van der Waals surface area contributed by atoms with Crippen LogP contribution in [0.1, 0.15) is 30.4 Å².